The third-order valence-electron chi connectivity index (χ3n) is 2.14. The van der Waals surface area contributed by atoms with Gasteiger partial charge in [0.15, 0.2) is 0 Å². The molecule has 2 heteroatoms. The summed E-state index contributed by atoms with van der Waals surface area (Å²) in [7, 11) is 0. The Morgan fingerprint density at radius 3 is 2.77 bits per heavy atom. The highest BCUT2D eigenvalue weighted by Crippen LogP contribution is 2.22. The van der Waals surface area contributed by atoms with Gasteiger partial charge in [0, 0.05) is 11.3 Å². The van der Waals surface area contributed by atoms with Gasteiger partial charge in [-0.25, -0.2) is 0 Å². The first-order chi connectivity index (χ1) is 6.27. The summed E-state index contributed by atoms with van der Waals surface area (Å²) in [5.41, 5.74) is 2.43. The number of carbonyl (C=O) groups excluding carboxylic acids is 1. The average molecular weight is 173 g/mol. The van der Waals surface area contributed by atoms with Crippen LogP contribution < -0.4 is 5.32 Å². The summed E-state index contributed by atoms with van der Waals surface area (Å²) >= 11 is 0. The van der Waals surface area contributed by atoms with Gasteiger partial charge in [-0.2, -0.15) is 0 Å². The van der Waals surface area contributed by atoms with Crippen LogP contribution in [0, 0.1) is 0 Å². The van der Waals surface area contributed by atoms with Crippen molar-refractivity contribution in [3.8, 4) is 0 Å². The molecule has 2 rings (SSSR count). The molecule has 1 amide bonds. The minimum absolute atomic E-state index is 0.0391. The first-order valence-corrected chi connectivity index (χ1v) is 4.36. The first-order valence-electron chi connectivity index (χ1n) is 4.36. The highest BCUT2D eigenvalue weighted by atomic mass is 16.1. The molecule has 0 fully saturated rings. The minimum Gasteiger partial charge on any atom is -0.323 e. The SMILES string of the molecule is C=C1C=C(C2=CCCC=C2)C(=O)N1. The Labute approximate surface area is 77.3 Å². The molecule has 1 heterocycles. The fraction of sp³-hybridized carbons (Fsp3) is 0.182. The molecule has 66 valence electrons. The normalized spacial score (nSPS) is 21.2. The molecule has 0 saturated carbocycles. The van der Waals surface area contributed by atoms with E-state index in [1.807, 2.05) is 6.08 Å². The van der Waals surface area contributed by atoms with Crippen molar-refractivity contribution in [3.05, 3.63) is 47.7 Å². The summed E-state index contributed by atoms with van der Waals surface area (Å²) in [5.74, 6) is -0.0391. The van der Waals surface area contributed by atoms with Crippen LogP contribution in [0.5, 0.6) is 0 Å². The predicted octanol–water partition coefficient (Wildman–Crippen LogP) is 1.83. The maximum atomic E-state index is 11.4. The van der Waals surface area contributed by atoms with E-state index in [0.29, 0.717) is 5.70 Å². The lowest BCUT2D eigenvalue weighted by molar-refractivity contribution is -0.116. The van der Waals surface area contributed by atoms with E-state index in [1.54, 1.807) is 6.08 Å². The molecule has 0 aromatic rings. The van der Waals surface area contributed by atoms with E-state index < -0.39 is 0 Å². The average Bonchev–Trinajstić information content (AvgIpc) is 2.47. The molecule has 2 aliphatic rings. The van der Waals surface area contributed by atoms with Gasteiger partial charge in [-0.1, -0.05) is 24.8 Å². The van der Waals surface area contributed by atoms with Gasteiger partial charge in [0.1, 0.15) is 0 Å². The van der Waals surface area contributed by atoms with Crippen molar-refractivity contribution in [2.45, 2.75) is 12.8 Å². The third kappa shape index (κ3) is 1.47. The third-order valence-corrected chi connectivity index (χ3v) is 2.14. The van der Waals surface area contributed by atoms with Crippen LogP contribution in [0.15, 0.2) is 47.7 Å². The number of carbonyl (C=O) groups is 1. The van der Waals surface area contributed by atoms with Crippen molar-refractivity contribution in [2.75, 3.05) is 0 Å². The molecule has 0 saturated heterocycles. The number of rotatable bonds is 1. The second-order valence-electron chi connectivity index (χ2n) is 3.18. The van der Waals surface area contributed by atoms with Gasteiger partial charge in [-0.05, 0) is 24.5 Å². The van der Waals surface area contributed by atoms with Gasteiger partial charge in [0.25, 0.3) is 5.91 Å². The van der Waals surface area contributed by atoms with Crippen molar-refractivity contribution in [3.63, 3.8) is 0 Å². The Morgan fingerprint density at radius 2 is 2.23 bits per heavy atom. The van der Waals surface area contributed by atoms with Crippen molar-refractivity contribution >= 4 is 5.91 Å². The molecule has 1 aliphatic carbocycles. The molecule has 0 atom stereocenters. The largest absolute Gasteiger partial charge is 0.323 e. The summed E-state index contributed by atoms with van der Waals surface area (Å²) < 4.78 is 0. The summed E-state index contributed by atoms with van der Waals surface area (Å²) in [5, 5.41) is 2.66. The van der Waals surface area contributed by atoms with Crippen LogP contribution in [0.2, 0.25) is 0 Å². The maximum Gasteiger partial charge on any atom is 0.256 e. The number of allylic oxidation sites excluding steroid dienone is 4. The zero-order valence-electron chi connectivity index (χ0n) is 7.34. The van der Waals surface area contributed by atoms with Crippen molar-refractivity contribution in [1.29, 1.82) is 0 Å². The molecule has 0 bridgehead atoms. The van der Waals surface area contributed by atoms with E-state index in [2.05, 4.69) is 24.0 Å². The van der Waals surface area contributed by atoms with Crippen molar-refractivity contribution in [2.24, 2.45) is 0 Å². The number of nitrogens with one attached hydrogen (secondary N) is 1. The number of amides is 1. The van der Waals surface area contributed by atoms with E-state index in [0.717, 1.165) is 24.0 Å². The Balaban J connectivity index is 2.30. The van der Waals surface area contributed by atoms with E-state index in [1.165, 1.54) is 0 Å². The van der Waals surface area contributed by atoms with E-state index >= 15 is 0 Å². The number of hydrogen-bond acceptors (Lipinski definition) is 1. The zero-order chi connectivity index (χ0) is 9.26. The lowest BCUT2D eigenvalue weighted by Gasteiger charge is -2.05. The fourth-order valence-corrected chi connectivity index (χ4v) is 1.52. The molecule has 0 spiro atoms. The molecule has 0 aromatic carbocycles. The predicted molar refractivity (Wildman–Crippen MR) is 51.8 cm³/mol. The summed E-state index contributed by atoms with van der Waals surface area (Å²) in [6, 6.07) is 0. The first kappa shape index (κ1) is 8.05. The van der Waals surface area contributed by atoms with Gasteiger partial charge < -0.3 is 5.32 Å². The highest BCUT2D eigenvalue weighted by Gasteiger charge is 2.19. The van der Waals surface area contributed by atoms with Gasteiger partial charge in [-0.15, -0.1) is 0 Å². The van der Waals surface area contributed by atoms with Crippen molar-refractivity contribution < 1.29 is 4.79 Å². The minimum atomic E-state index is -0.0391. The second-order valence-corrected chi connectivity index (χ2v) is 3.18. The lowest BCUT2D eigenvalue weighted by Crippen LogP contribution is -2.16. The van der Waals surface area contributed by atoms with Crippen LogP contribution in [-0.4, -0.2) is 5.91 Å². The Kier molecular flexibility index (Phi) is 1.89. The van der Waals surface area contributed by atoms with Crippen LogP contribution in [-0.2, 0) is 4.79 Å². The highest BCUT2D eigenvalue weighted by molar-refractivity contribution is 6.03. The van der Waals surface area contributed by atoms with Gasteiger partial charge in [0.2, 0.25) is 0 Å². The molecular weight excluding hydrogens is 162 g/mol. The molecular formula is C11H11NO. The molecule has 0 aromatic heterocycles. The molecule has 1 aliphatic heterocycles. The lowest BCUT2D eigenvalue weighted by atomic mass is 10.00. The monoisotopic (exact) mass is 173 g/mol. The fourth-order valence-electron chi connectivity index (χ4n) is 1.52. The smallest absolute Gasteiger partial charge is 0.256 e. The Morgan fingerprint density at radius 1 is 1.38 bits per heavy atom. The van der Waals surface area contributed by atoms with E-state index in [-0.39, 0.29) is 5.91 Å². The Bertz CT molecular complexity index is 358. The second kappa shape index (κ2) is 3.05. The van der Waals surface area contributed by atoms with Gasteiger partial charge in [-0.3, -0.25) is 4.79 Å². The van der Waals surface area contributed by atoms with Crippen LogP contribution in [0.25, 0.3) is 0 Å². The van der Waals surface area contributed by atoms with Gasteiger partial charge >= 0.3 is 0 Å². The maximum absolute atomic E-state index is 11.4. The van der Waals surface area contributed by atoms with Crippen molar-refractivity contribution in [1.82, 2.24) is 5.32 Å². The molecule has 0 radical (unpaired) electrons. The van der Waals surface area contributed by atoms with Crippen LogP contribution in [0.4, 0.5) is 0 Å². The summed E-state index contributed by atoms with van der Waals surface area (Å²) in [4.78, 5) is 11.4. The molecule has 1 N–H and O–H groups in total. The summed E-state index contributed by atoms with van der Waals surface area (Å²) in [6.45, 7) is 3.69. The standard InChI is InChI=1S/C11H11NO/c1-8-7-10(11(13)12-8)9-5-3-2-4-6-9/h3,5-7H,1-2,4H2,(H,12,13). The van der Waals surface area contributed by atoms with E-state index in [4.69, 9.17) is 0 Å². The van der Waals surface area contributed by atoms with Gasteiger partial charge in [0.05, 0.1) is 0 Å². The quantitative estimate of drug-likeness (QED) is 0.644. The molecule has 0 unspecified atom stereocenters. The summed E-state index contributed by atoms with van der Waals surface area (Å²) in [6.07, 6.45) is 10.0. The van der Waals surface area contributed by atoms with E-state index in [9.17, 15) is 4.79 Å². The van der Waals surface area contributed by atoms with Crippen LogP contribution >= 0.6 is 0 Å². The van der Waals surface area contributed by atoms with Crippen LogP contribution in [0.1, 0.15) is 12.8 Å². The topological polar surface area (TPSA) is 29.1 Å². The number of hydrogen-bond donors (Lipinski definition) is 1. The zero-order valence-corrected chi connectivity index (χ0v) is 7.34. The molecule has 2 nitrogen and oxygen atoms in total. The Hall–Kier alpha value is -1.57. The molecule has 13 heavy (non-hydrogen) atoms. The van der Waals surface area contributed by atoms with Crippen LogP contribution in [0.3, 0.4) is 0 Å².